The number of rotatable bonds is 2. The van der Waals surface area contributed by atoms with Crippen LogP contribution in [0.5, 0.6) is 0 Å². The van der Waals surface area contributed by atoms with Crippen molar-refractivity contribution < 1.29 is 0 Å². The predicted molar refractivity (Wildman–Crippen MR) is 170 cm³/mol. The molecule has 0 bridgehead atoms. The van der Waals surface area contributed by atoms with Gasteiger partial charge in [-0.05, 0) is 81.4 Å². The molecule has 1 spiro atoms. The van der Waals surface area contributed by atoms with Crippen LogP contribution in [0.2, 0.25) is 5.02 Å². The Morgan fingerprint density at radius 2 is 1.07 bits per heavy atom. The van der Waals surface area contributed by atoms with Crippen molar-refractivity contribution in [2.45, 2.75) is 5.41 Å². The number of nitrogens with zero attached hydrogens (tertiary/aromatic N) is 1. The highest BCUT2D eigenvalue weighted by Crippen LogP contribution is 2.64. The number of fused-ring (bicyclic) bond motifs is 9. The fourth-order valence-electron chi connectivity index (χ4n) is 6.83. The van der Waals surface area contributed by atoms with Crippen molar-refractivity contribution in [3.05, 3.63) is 171 Å². The molecule has 1 aliphatic heterocycles. The predicted octanol–water partition coefficient (Wildman–Crippen LogP) is 10.9. The molecule has 0 radical (unpaired) electrons. The number of anilines is 3. The first kappa shape index (κ1) is 23.7. The maximum atomic E-state index is 7.17. The highest BCUT2D eigenvalue weighted by Gasteiger charge is 2.51. The number of hydrogen-bond acceptors (Lipinski definition) is 1. The van der Waals surface area contributed by atoms with Gasteiger partial charge in [-0.3, -0.25) is 0 Å². The van der Waals surface area contributed by atoms with Crippen LogP contribution >= 0.6 is 27.5 Å². The Bertz CT molecular complexity index is 1880. The van der Waals surface area contributed by atoms with Crippen LogP contribution in [0.3, 0.4) is 0 Å². The van der Waals surface area contributed by atoms with Crippen LogP contribution in [0.25, 0.3) is 22.3 Å². The smallest absolute Gasteiger partial charge is 0.0754 e. The summed E-state index contributed by atoms with van der Waals surface area (Å²) >= 11 is 10.8. The van der Waals surface area contributed by atoms with Crippen LogP contribution in [-0.2, 0) is 5.41 Å². The second-order valence-corrected chi connectivity index (χ2v) is 11.7. The molecule has 0 unspecified atom stereocenters. The zero-order valence-electron chi connectivity index (χ0n) is 21.5. The van der Waals surface area contributed by atoms with Gasteiger partial charge < -0.3 is 4.90 Å². The summed E-state index contributed by atoms with van der Waals surface area (Å²) in [6.07, 6.45) is 0. The van der Waals surface area contributed by atoms with Crippen molar-refractivity contribution >= 4 is 44.6 Å². The molecule has 0 aromatic heterocycles. The van der Waals surface area contributed by atoms with Crippen molar-refractivity contribution in [3.8, 4) is 22.3 Å². The van der Waals surface area contributed by atoms with E-state index in [1.54, 1.807) is 0 Å². The summed E-state index contributed by atoms with van der Waals surface area (Å²) in [5, 5.41) is 0.733. The minimum Gasteiger partial charge on any atom is -0.310 e. The van der Waals surface area contributed by atoms with Crippen LogP contribution in [0, 0.1) is 0 Å². The van der Waals surface area contributed by atoms with E-state index in [0.29, 0.717) is 0 Å². The van der Waals surface area contributed by atoms with Gasteiger partial charge in [0.05, 0.1) is 21.8 Å². The van der Waals surface area contributed by atoms with Gasteiger partial charge in [0.25, 0.3) is 0 Å². The number of para-hydroxylation sites is 2. The van der Waals surface area contributed by atoms with Gasteiger partial charge in [0.15, 0.2) is 0 Å². The standard InChI is InChI=1S/C37H23BrClN/c38-25-20-18-24(19-21-25)29-22-33-36(23-34(29)39)40(26-10-2-1-3-11-26)35-17-9-8-16-32(35)37(33)30-14-6-4-12-27(30)28-13-5-7-15-31(28)37/h1-23H. The fraction of sp³-hybridized carbons (Fsp3) is 0.0270. The molecule has 40 heavy (non-hydrogen) atoms. The molecule has 1 aliphatic carbocycles. The fourth-order valence-corrected chi connectivity index (χ4v) is 7.36. The summed E-state index contributed by atoms with van der Waals surface area (Å²) in [6, 6.07) is 50.2. The van der Waals surface area contributed by atoms with Gasteiger partial charge in [0.1, 0.15) is 0 Å². The Morgan fingerprint density at radius 3 is 1.75 bits per heavy atom. The van der Waals surface area contributed by atoms with Crippen molar-refractivity contribution in [2.75, 3.05) is 4.90 Å². The van der Waals surface area contributed by atoms with E-state index >= 15 is 0 Å². The first-order valence-corrected chi connectivity index (χ1v) is 14.6. The maximum absolute atomic E-state index is 7.17. The third kappa shape index (κ3) is 3.21. The highest BCUT2D eigenvalue weighted by atomic mass is 79.9. The van der Waals surface area contributed by atoms with Crippen LogP contribution in [0.15, 0.2) is 144 Å². The summed E-state index contributed by atoms with van der Waals surface area (Å²) in [5.74, 6) is 0. The topological polar surface area (TPSA) is 3.24 Å². The number of hydrogen-bond donors (Lipinski definition) is 0. The van der Waals surface area contributed by atoms with Gasteiger partial charge in [0.2, 0.25) is 0 Å². The summed E-state index contributed by atoms with van der Waals surface area (Å²) in [5.41, 5.74) is 12.7. The van der Waals surface area contributed by atoms with Gasteiger partial charge in [-0.1, -0.05) is 125 Å². The van der Waals surface area contributed by atoms with Gasteiger partial charge >= 0.3 is 0 Å². The summed E-state index contributed by atoms with van der Waals surface area (Å²) < 4.78 is 1.05. The molecule has 1 nitrogen and oxygen atoms in total. The van der Waals surface area contributed by atoms with E-state index in [-0.39, 0.29) is 0 Å². The molecule has 6 aromatic rings. The SMILES string of the molecule is Clc1cc2c(cc1-c1ccc(Br)cc1)C1(c3ccccc3-c3ccccc31)c1ccccc1N2c1ccccc1. The molecule has 0 fully saturated rings. The molecule has 2 aliphatic rings. The minimum absolute atomic E-state index is 0.487. The lowest BCUT2D eigenvalue weighted by Gasteiger charge is -2.45. The Kier molecular flexibility index (Phi) is 5.32. The van der Waals surface area contributed by atoms with Crippen LogP contribution in [0.1, 0.15) is 22.3 Å². The van der Waals surface area contributed by atoms with Gasteiger partial charge in [-0.15, -0.1) is 0 Å². The van der Waals surface area contributed by atoms with Crippen LogP contribution in [-0.4, -0.2) is 0 Å². The Hall–Kier alpha value is -4.11. The molecular formula is C37H23BrClN. The Labute approximate surface area is 247 Å². The van der Waals surface area contributed by atoms with Gasteiger partial charge in [0, 0.05) is 15.7 Å². The zero-order chi connectivity index (χ0) is 26.8. The van der Waals surface area contributed by atoms with Gasteiger partial charge in [-0.2, -0.15) is 0 Å². The average Bonchev–Trinajstić information content (AvgIpc) is 3.29. The second kappa shape index (κ2) is 8.96. The highest BCUT2D eigenvalue weighted by molar-refractivity contribution is 9.10. The van der Waals surface area contributed by atoms with E-state index in [2.05, 4.69) is 160 Å². The van der Waals surface area contributed by atoms with Crippen molar-refractivity contribution in [1.82, 2.24) is 0 Å². The van der Waals surface area contributed by atoms with E-state index in [1.165, 1.54) is 39.1 Å². The quantitative estimate of drug-likeness (QED) is 0.192. The second-order valence-electron chi connectivity index (χ2n) is 10.4. The first-order valence-electron chi connectivity index (χ1n) is 13.4. The lowest BCUT2D eigenvalue weighted by atomic mass is 9.64. The molecule has 6 aromatic carbocycles. The summed E-state index contributed by atoms with van der Waals surface area (Å²) in [4.78, 5) is 2.37. The molecule has 0 N–H and O–H groups in total. The summed E-state index contributed by atoms with van der Waals surface area (Å²) in [6.45, 7) is 0. The monoisotopic (exact) mass is 595 g/mol. The van der Waals surface area contributed by atoms with E-state index in [1.807, 2.05) is 0 Å². The maximum Gasteiger partial charge on any atom is 0.0754 e. The Balaban J connectivity index is 1.55. The lowest BCUT2D eigenvalue weighted by Crippen LogP contribution is -2.36. The van der Waals surface area contributed by atoms with E-state index in [9.17, 15) is 0 Å². The molecule has 0 amide bonds. The Morgan fingerprint density at radius 1 is 0.500 bits per heavy atom. The van der Waals surface area contributed by atoms with Crippen molar-refractivity contribution in [1.29, 1.82) is 0 Å². The minimum atomic E-state index is -0.487. The van der Waals surface area contributed by atoms with Crippen LogP contribution < -0.4 is 4.90 Å². The number of benzene rings is 6. The summed E-state index contributed by atoms with van der Waals surface area (Å²) in [7, 11) is 0. The van der Waals surface area contributed by atoms with Crippen LogP contribution in [0.4, 0.5) is 17.1 Å². The molecule has 0 atom stereocenters. The molecule has 0 saturated carbocycles. The van der Waals surface area contributed by atoms with Gasteiger partial charge in [-0.25, -0.2) is 0 Å². The molecular weight excluding hydrogens is 574 g/mol. The van der Waals surface area contributed by atoms with Crippen molar-refractivity contribution in [2.24, 2.45) is 0 Å². The number of halogens is 2. The average molecular weight is 597 g/mol. The third-order valence-corrected chi connectivity index (χ3v) is 9.24. The lowest BCUT2D eigenvalue weighted by molar-refractivity contribution is 0.753. The molecule has 0 saturated heterocycles. The molecule has 8 rings (SSSR count). The molecule has 190 valence electrons. The largest absolute Gasteiger partial charge is 0.310 e. The first-order chi connectivity index (χ1) is 19.7. The van der Waals surface area contributed by atoms with E-state index in [4.69, 9.17) is 11.6 Å². The van der Waals surface area contributed by atoms with E-state index in [0.717, 1.165) is 32.0 Å². The normalized spacial score (nSPS) is 13.9. The molecule has 3 heteroatoms. The van der Waals surface area contributed by atoms with E-state index < -0.39 is 5.41 Å². The molecule has 1 heterocycles. The third-order valence-electron chi connectivity index (χ3n) is 8.40. The zero-order valence-corrected chi connectivity index (χ0v) is 23.8. The van der Waals surface area contributed by atoms with Crippen molar-refractivity contribution in [3.63, 3.8) is 0 Å².